The highest BCUT2D eigenvalue weighted by Gasteiger charge is 2.21. The molecule has 0 radical (unpaired) electrons. The Morgan fingerprint density at radius 2 is 2.06 bits per heavy atom. The van der Waals surface area contributed by atoms with E-state index in [-0.39, 0.29) is 24.8 Å². The quantitative estimate of drug-likeness (QED) is 0.384. The van der Waals surface area contributed by atoms with Gasteiger partial charge in [-0.05, 0) is 25.8 Å². The molecule has 0 aromatic heterocycles. The number of amides is 1. The van der Waals surface area contributed by atoms with Crippen LogP contribution in [-0.4, -0.2) is 29.9 Å². The fourth-order valence-corrected chi connectivity index (χ4v) is 1.42. The van der Waals surface area contributed by atoms with E-state index < -0.39 is 5.92 Å². The van der Waals surface area contributed by atoms with Crippen molar-refractivity contribution < 1.29 is 14.7 Å². The maximum absolute atomic E-state index is 11.9. The Morgan fingerprint density at radius 1 is 1.41 bits per heavy atom. The molecule has 0 heterocycles. The van der Waals surface area contributed by atoms with Crippen LogP contribution in [0.25, 0.3) is 0 Å². The van der Waals surface area contributed by atoms with Crippen molar-refractivity contribution in [1.82, 2.24) is 5.32 Å². The number of allylic oxidation sites excluding steroid dienone is 2. The van der Waals surface area contributed by atoms with Gasteiger partial charge in [0.1, 0.15) is 0 Å². The molecule has 0 spiro atoms. The average Bonchev–Trinajstić information content (AvgIpc) is 2.34. The molecule has 1 amide bonds. The lowest BCUT2D eigenvalue weighted by atomic mass is 9.98. The summed E-state index contributed by atoms with van der Waals surface area (Å²) >= 11 is 0. The number of aliphatic hydroxyl groups excluding tert-OH is 1. The van der Waals surface area contributed by atoms with E-state index in [4.69, 9.17) is 5.11 Å². The summed E-state index contributed by atoms with van der Waals surface area (Å²) < 4.78 is 0. The summed E-state index contributed by atoms with van der Waals surface area (Å²) in [5.74, 6) is -1.15. The highest BCUT2D eigenvalue weighted by atomic mass is 16.3. The monoisotopic (exact) mass is 241 g/mol. The van der Waals surface area contributed by atoms with Crippen LogP contribution < -0.4 is 5.32 Å². The Balaban J connectivity index is 4.28. The zero-order valence-corrected chi connectivity index (χ0v) is 11.0. The van der Waals surface area contributed by atoms with E-state index in [0.717, 1.165) is 19.3 Å². The standard InChI is InChI=1S/C13H23NO3/c1-4-5-6-7-10(2)12(16)11(3)13(17)14-8-9-15/h7,11,15H,4-6,8-9H2,1-3H3,(H,14,17)/b10-7+. The molecule has 0 saturated carbocycles. The van der Waals surface area contributed by atoms with Gasteiger partial charge in [0.2, 0.25) is 5.91 Å². The summed E-state index contributed by atoms with van der Waals surface area (Å²) in [5.41, 5.74) is 0.644. The molecule has 0 rings (SSSR count). The number of hydrogen-bond donors (Lipinski definition) is 2. The van der Waals surface area contributed by atoms with Crippen LogP contribution in [0.5, 0.6) is 0 Å². The minimum atomic E-state index is -0.681. The second-order valence-electron chi connectivity index (χ2n) is 4.13. The van der Waals surface area contributed by atoms with Gasteiger partial charge in [0, 0.05) is 6.54 Å². The van der Waals surface area contributed by atoms with Crippen molar-refractivity contribution in [2.45, 2.75) is 40.0 Å². The van der Waals surface area contributed by atoms with Crippen LogP contribution in [0, 0.1) is 5.92 Å². The van der Waals surface area contributed by atoms with Crippen LogP contribution >= 0.6 is 0 Å². The average molecular weight is 241 g/mol. The smallest absolute Gasteiger partial charge is 0.230 e. The van der Waals surface area contributed by atoms with Gasteiger partial charge < -0.3 is 10.4 Å². The van der Waals surface area contributed by atoms with Crippen molar-refractivity contribution >= 4 is 11.7 Å². The normalized spacial score (nSPS) is 13.3. The molecule has 2 N–H and O–H groups in total. The number of carbonyl (C=O) groups excluding carboxylic acids is 2. The maximum atomic E-state index is 11.9. The third-order valence-electron chi connectivity index (χ3n) is 2.59. The summed E-state index contributed by atoms with van der Waals surface area (Å²) in [4.78, 5) is 23.4. The summed E-state index contributed by atoms with van der Waals surface area (Å²) in [6.07, 6.45) is 4.90. The third-order valence-corrected chi connectivity index (χ3v) is 2.59. The summed E-state index contributed by atoms with van der Waals surface area (Å²) in [5, 5.41) is 11.1. The molecule has 0 aliphatic heterocycles. The van der Waals surface area contributed by atoms with E-state index in [1.165, 1.54) is 0 Å². The van der Waals surface area contributed by atoms with Gasteiger partial charge in [-0.3, -0.25) is 9.59 Å². The van der Waals surface area contributed by atoms with Crippen LogP contribution in [0.4, 0.5) is 0 Å². The molecule has 0 aliphatic carbocycles. The SMILES string of the molecule is CCCC/C=C(\C)C(=O)C(C)C(=O)NCCO. The summed E-state index contributed by atoms with van der Waals surface area (Å²) in [6.45, 7) is 5.50. The first-order valence-corrected chi connectivity index (χ1v) is 6.14. The minimum absolute atomic E-state index is 0.113. The van der Waals surface area contributed by atoms with Gasteiger partial charge >= 0.3 is 0 Å². The van der Waals surface area contributed by atoms with Crippen molar-refractivity contribution in [3.8, 4) is 0 Å². The van der Waals surface area contributed by atoms with Crippen LogP contribution in [0.1, 0.15) is 40.0 Å². The maximum Gasteiger partial charge on any atom is 0.230 e. The number of nitrogens with one attached hydrogen (secondary N) is 1. The van der Waals surface area contributed by atoms with Crippen LogP contribution in [0.15, 0.2) is 11.6 Å². The van der Waals surface area contributed by atoms with Gasteiger partial charge in [-0.25, -0.2) is 0 Å². The van der Waals surface area contributed by atoms with Crippen molar-refractivity contribution in [1.29, 1.82) is 0 Å². The molecule has 1 atom stereocenters. The number of unbranched alkanes of at least 4 members (excludes halogenated alkanes) is 2. The second-order valence-corrected chi connectivity index (χ2v) is 4.13. The fourth-order valence-electron chi connectivity index (χ4n) is 1.42. The Kier molecular flexibility index (Phi) is 8.32. The highest BCUT2D eigenvalue weighted by Crippen LogP contribution is 2.09. The molecule has 0 saturated heterocycles. The molecular weight excluding hydrogens is 218 g/mol. The number of carbonyl (C=O) groups is 2. The largest absolute Gasteiger partial charge is 0.395 e. The Morgan fingerprint density at radius 3 is 2.59 bits per heavy atom. The van der Waals surface area contributed by atoms with E-state index in [2.05, 4.69) is 12.2 Å². The van der Waals surface area contributed by atoms with Crippen LogP contribution in [-0.2, 0) is 9.59 Å². The minimum Gasteiger partial charge on any atom is -0.395 e. The predicted molar refractivity (Wildman–Crippen MR) is 67.5 cm³/mol. The van der Waals surface area contributed by atoms with E-state index >= 15 is 0 Å². The van der Waals surface area contributed by atoms with Crippen LogP contribution in [0.3, 0.4) is 0 Å². The van der Waals surface area contributed by atoms with Crippen molar-refractivity contribution in [2.24, 2.45) is 5.92 Å². The van der Waals surface area contributed by atoms with Gasteiger partial charge in [0.15, 0.2) is 5.78 Å². The zero-order valence-electron chi connectivity index (χ0n) is 11.0. The van der Waals surface area contributed by atoms with Gasteiger partial charge in [-0.1, -0.05) is 25.8 Å². The number of ketones is 1. The first-order chi connectivity index (χ1) is 8.04. The van der Waals surface area contributed by atoms with Crippen molar-refractivity contribution in [3.63, 3.8) is 0 Å². The molecule has 17 heavy (non-hydrogen) atoms. The molecule has 0 aliphatic rings. The zero-order chi connectivity index (χ0) is 13.3. The van der Waals surface area contributed by atoms with E-state index in [1.54, 1.807) is 13.8 Å². The number of Topliss-reactive ketones (excluding diaryl/α,β-unsaturated/α-hetero) is 1. The summed E-state index contributed by atoms with van der Waals surface area (Å²) in [7, 11) is 0. The second kappa shape index (κ2) is 8.93. The molecular formula is C13H23NO3. The lowest BCUT2D eigenvalue weighted by molar-refractivity contribution is -0.131. The Labute approximate surface area is 103 Å². The Bertz CT molecular complexity index is 284. The predicted octanol–water partition coefficient (Wildman–Crippen LogP) is 1.44. The van der Waals surface area contributed by atoms with Gasteiger partial charge in [-0.2, -0.15) is 0 Å². The van der Waals surface area contributed by atoms with Gasteiger partial charge in [0.05, 0.1) is 12.5 Å². The number of hydrogen-bond acceptors (Lipinski definition) is 3. The first-order valence-electron chi connectivity index (χ1n) is 6.14. The molecule has 0 fully saturated rings. The molecule has 98 valence electrons. The van der Waals surface area contributed by atoms with E-state index in [0.29, 0.717) is 5.57 Å². The molecule has 0 aromatic carbocycles. The van der Waals surface area contributed by atoms with Crippen LogP contribution in [0.2, 0.25) is 0 Å². The van der Waals surface area contributed by atoms with Gasteiger partial charge in [0.25, 0.3) is 0 Å². The van der Waals surface area contributed by atoms with E-state index in [1.807, 2.05) is 6.08 Å². The highest BCUT2D eigenvalue weighted by molar-refractivity contribution is 6.09. The molecule has 1 unspecified atom stereocenters. The van der Waals surface area contributed by atoms with Gasteiger partial charge in [-0.15, -0.1) is 0 Å². The molecule has 4 heteroatoms. The first kappa shape index (κ1) is 15.8. The van der Waals surface area contributed by atoms with Crippen molar-refractivity contribution in [2.75, 3.05) is 13.2 Å². The summed E-state index contributed by atoms with van der Waals surface area (Å²) in [6, 6.07) is 0. The van der Waals surface area contributed by atoms with E-state index in [9.17, 15) is 9.59 Å². The van der Waals surface area contributed by atoms with Crippen molar-refractivity contribution in [3.05, 3.63) is 11.6 Å². The third kappa shape index (κ3) is 6.22. The number of aliphatic hydroxyl groups is 1. The lowest BCUT2D eigenvalue weighted by Crippen LogP contribution is -2.35. The topological polar surface area (TPSA) is 66.4 Å². The molecule has 0 aromatic rings. The Hall–Kier alpha value is -1.16. The fraction of sp³-hybridized carbons (Fsp3) is 0.692. The lowest BCUT2D eigenvalue weighted by Gasteiger charge is -2.10. The number of rotatable bonds is 8. The molecule has 0 bridgehead atoms. The molecule has 4 nitrogen and oxygen atoms in total.